The van der Waals surface area contributed by atoms with Crippen molar-refractivity contribution < 1.29 is 48.3 Å². The highest BCUT2D eigenvalue weighted by atomic mass is 16.7. The highest BCUT2D eigenvalue weighted by Gasteiger charge is 2.27. The number of fused-ring (bicyclic) bond motifs is 1. The van der Waals surface area contributed by atoms with E-state index in [1.807, 2.05) is 24.3 Å². The molecule has 14 nitrogen and oxygen atoms in total. The predicted octanol–water partition coefficient (Wildman–Crippen LogP) is 3.17. The van der Waals surface area contributed by atoms with Gasteiger partial charge in [0, 0.05) is 6.42 Å². The van der Waals surface area contributed by atoms with Crippen LogP contribution in [0, 0.1) is 0 Å². The Morgan fingerprint density at radius 3 is 2.34 bits per heavy atom. The number of phenols is 1. The van der Waals surface area contributed by atoms with E-state index < -0.39 is 36.6 Å². The highest BCUT2D eigenvalue weighted by Crippen LogP contribution is 2.34. The molecule has 0 saturated carbocycles. The second kappa shape index (κ2) is 17.2. The number of ether oxygens (including phenoxy) is 5. The van der Waals surface area contributed by atoms with Crippen LogP contribution in [0.1, 0.15) is 22.3 Å². The van der Waals surface area contributed by atoms with Gasteiger partial charge in [0.05, 0.1) is 19.9 Å². The summed E-state index contributed by atoms with van der Waals surface area (Å²) in [4.78, 5) is 38.7. The molecule has 0 fully saturated rings. The number of aliphatic hydroxyl groups excluding tert-OH is 1. The molecule has 0 bridgehead atoms. The van der Waals surface area contributed by atoms with Crippen molar-refractivity contribution in [1.82, 2.24) is 16.1 Å². The summed E-state index contributed by atoms with van der Waals surface area (Å²) in [5, 5.41) is 28.4. The molecule has 0 spiro atoms. The maximum atomic E-state index is 13.3. The number of aliphatic hydroxyl groups is 1. The summed E-state index contributed by atoms with van der Waals surface area (Å²) in [5.74, 6) is 0.777. The molecule has 14 heteroatoms. The summed E-state index contributed by atoms with van der Waals surface area (Å²) in [7, 11) is 1.50. The molecule has 0 unspecified atom stereocenters. The molecule has 5 N–H and O–H groups in total. The minimum Gasteiger partial charge on any atom is -0.508 e. The van der Waals surface area contributed by atoms with Crippen molar-refractivity contribution >= 4 is 24.1 Å². The van der Waals surface area contributed by atoms with Gasteiger partial charge in [-0.2, -0.15) is 5.10 Å². The molecule has 50 heavy (non-hydrogen) atoms. The molecule has 0 radical (unpaired) electrons. The Kier molecular flexibility index (Phi) is 12.1. The summed E-state index contributed by atoms with van der Waals surface area (Å²) in [6.45, 7) is -0.359. The topological polar surface area (TPSA) is 186 Å². The van der Waals surface area contributed by atoms with Crippen LogP contribution in [0.3, 0.4) is 0 Å². The average Bonchev–Trinajstić information content (AvgIpc) is 3.61. The second-order valence-corrected chi connectivity index (χ2v) is 11.0. The lowest BCUT2D eigenvalue weighted by atomic mass is 10.0. The van der Waals surface area contributed by atoms with Crippen LogP contribution in [-0.2, 0) is 34.0 Å². The van der Waals surface area contributed by atoms with E-state index in [9.17, 15) is 24.6 Å². The first-order valence-corrected chi connectivity index (χ1v) is 15.5. The molecule has 260 valence electrons. The van der Waals surface area contributed by atoms with Crippen molar-refractivity contribution in [2.24, 2.45) is 5.10 Å². The van der Waals surface area contributed by atoms with E-state index in [1.165, 1.54) is 25.5 Å². The highest BCUT2D eigenvalue weighted by molar-refractivity contribution is 5.92. The van der Waals surface area contributed by atoms with Crippen molar-refractivity contribution in [3.63, 3.8) is 0 Å². The number of alkyl carbamates (subject to hydrolysis) is 1. The lowest BCUT2D eigenvalue weighted by molar-refractivity contribution is -0.130. The molecule has 0 aromatic heterocycles. The SMILES string of the molecule is COc1cc(/C=N\NC(=O)[C@H](Cc2ccc(O)cc2)NC(=O)[C@H](CO)NC(=O)OCc2ccccc2)ccc1OCc1ccc2c(c1)OCO2. The molecule has 2 atom stereocenters. The number of carbonyl (C=O) groups is 3. The van der Waals surface area contributed by atoms with E-state index in [0.29, 0.717) is 34.1 Å². The molecule has 4 aromatic carbocycles. The van der Waals surface area contributed by atoms with Crippen LogP contribution in [0.2, 0.25) is 0 Å². The van der Waals surface area contributed by atoms with E-state index in [2.05, 4.69) is 21.2 Å². The Morgan fingerprint density at radius 2 is 1.58 bits per heavy atom. The normalized spacial score (nSPS) is 12.8. The maximum absolute atomic E-state index is 13.3. The van der Waals surface area contributed by atoms with Crippen LogP contribution in [0.4, 0.5) is 4.79 Å². The monoisotopic (exact) mass is 684 g/mol. The predicted molar refractivity (Wildman–Crippen MR) is 180 cm³/mol. The van der Waals surface area contributed by atoms with E-state index in [-0.39, 0.29) is 32.2 Å². The largest absolute Gasteiger partial charge is 0.508 e. The van der Waals surface area contributed by atoms with Gasteiger partial charge in [0.15, 0.2) is 23.0 Å². The first-order chi connectivity index (χ1) is 24.3. The van der Waals surface area contributed by atoms with Gasteiger partial charge in [0.25, 0.3) is 5.91 Å². The first-order valence-electron chi connectivity index (χ1n) is 15.5. The quantitative estimate of drug-likeness (QED) is 0.0920. The molecule has 4 aromatic rings. The number of hydrazone groups is 1. The van der Waals surface area contributed by atoms with Crippen LogP contribution in [-0.4, -0.2) is 66.9 Å². The van der Waals surface area contributed by atoms with Gasteiger partial charge in [-0.15, -0.1) is 0 Å². The molecule has 0 aliphatic carbocycles. The van der Waals surface area contributed by atoms with E-state index in [1.54, 1.807) is 54.6 Å². The Labute approximate surface area is 287 Å². The van der Waals surface area contributed by atoms with Crippen LogP contribution in [0.25, 0.3) is 0 Å². The summed E-state index contributed by atoms with van der Waals surface area (Å²) >= 11 is 0. The number of nitrogens with one attached hydrogen (secondary N) is 3. The van der Waals surface area contributed by atoms with Gasteiger partial charge >= 0.3 is 6.09 Å². The second-order valence-electron chi connectivity index (χ2n) is 11.0. The fourth-order valence-electron chi connectivity index (χ4n) is 4.77. The van der Waals surface area contributed by atoms with Crippen molar-refractivity contribution in [2.75, 3.05) is 20.5 Å². The van der Waals surface area contributed by atoms with Crippen molar-refractivity contribution in [3.05, 3.63) is 113 Å². The standard InChI is InChI=1S/C36H36N4O10/c1-46-32-16-25(9-13-30(32)47-21-26-10-14-31-33(17-26)50-22-49-31)18-37-40-35(44)28(15-23-7-11-27(42)12-8-23)38-34(43)29(19-41)39-36(45)48-20-24-5-3-2-4-6-24/h2-14,16-18,28-29,41-42H,15,19-22H2,1H3,(H,38,43)(H,39,45)(H,40,44)/b37-18-/t28-,29-/m0/s1. The summed E-state index contributed by atoms with van der Waals surface area (Å²) in [6, 6.07) is 23.1. The minimum absolute atomic E-state index is 0.00715. The number of nitrogens with zero attached hydrogens (tertiary/aromatic N) is 1. The number of methoxy groups -OCH3 is 1. The number of carbonyl (C=O) groups excluding carboxylic acids is 3. The van der Waals surface area contributed by atoms with Gasteiger partial charge in [-0.05, 0) is 64.7 Å². The zero-order valence-electron chi connectivity index (χ0n) is 27.0. The van der Waals surface area contributed by atoms with Gasteiger partial charge in [0.1, 0.15) is 31.0 Å². The van der Waals surface area contributed by atoms with Gasteiger partial charge in [-0.1, -0.05) is 48.5 Å². The third-order valence-electron chi connectivity index (χ3n) is 7.42. The van der Waals surface area contributed by atoms with Crippen molar-refractivity contribution in [3.8, 4) is 28.7 Å². The molecule has 5 rings (SSSR count). The Morgan fingerprint density at radius 1 is 0.820 bits per heavy atom. The molecule has 1 heterocycles. The molecule has 0 saturated heterocycles. The van der Waals surface area contributed by atoms with Crippen LogP contribution >= 0.6 is 0 Å². The fourth-order valence-corrected chi connectivity index (χ4v) is 4.77. The van der Waals surface area contributed by atoms with E-state index in [0.717, 1.165) is 11.1 Å². The Hall–Kier alpha value is -6.28. The number of benzene rings is 4. The number of phenolic OH excluding ortho intramolecular Hbond substituents is 1. The smallest absolute Gasteiger partial charge is 0.408 e. The minimum atomic E-state index is -1.41. The molecule has 3 amide bonds. The first kappa shape index (κ1) is 35.0. The molecular weight excluding hydrogens is 648 g/mol. The maximum Gasteiger partial charge on any atom is 0.408 e. The number of hydrogen-bond acceptors (Lipinski definition) is 11. The summed E-state index contributed by atoms with van der Waals surface area (Å²) in [5.41, 5.74) is 5.23. The van der Waals surface area contributed by atoms with Gasteiger partial charge in [-0.25, -0.2) is 10.2 Å². The zero-order valence-corrected chi connectivity index (χ0v) is 27.0. The van der Waals surface area contributed by atoms with Crippen LogP contribution in [0.5, 0.6) is 28.7 Å². The lowest BCUT2D eigenvalue weighted by Gasteiger charge is -2.21. The number of rotatable bonds is 15. The molecule has 1 aliphatic rings. The molecule has 1 aliphatic heterocycles. The Balaban J connectivity index is 1.19. The number of aromatic hydroxyl groups is 1. The van der Waals surface area contributed by atoms with Gasteiger partial charge in [-0.3, -0.25) is 9.59 Å². The van der Waals surface area contributed by atoms with Crippen LogP contribution in [0.15, 0.2) is 96.1 Å². The van der Waals surface area contributed by atoms with E-state index in [4.69, 9.17) is 23.7 Å². The third-order valence-corrected chi connectivity index (χ3v) is 7.42. The van der Waals surface area contributed by atoms with Gasteiger partial charge in [0.2, 0.25) is 12.7 Å². The molecular formula is C36H36N4O10. The fraction of sp³-hybridized carbons (Fsp3) is 0.222. The average molecular weight is 685 g/mol. The van der Waals surface area contributed by atoms with Crippen molar-refractivity contribution in [2.45, 2.75) is 31.7 Å². The Bertz CT molecular complexity index is 1800. The van der Waals surface area contributed by atoms with Gasteiger partial charge < -0.3 is 44.5 Å². The summed E-state index contributed by atoms with van der Waals surface area (Å²) in [6.07, 6.45) is 0.474. The van der Waals surface area contributed by atoms with E-state index >= 15 is 0 Å². The number of amides is 3. The number of hydrogen-bond donors (Lipinski definition) is 5. The van der Waals surface area contributed by atoms with Crippen LogP contribution < -0.4 is 35.0 Å². The zero-order chi connectivity index (χ0) is 35.3. The summed E-state index contributed by atoms with van der Waals surface area (Å²) < 4.78 is 27.3. The lowest BCUT2D eigenvalue weighted by Crippen LogP contribution is -2.55. The van der Waals surface area contributed by atoms with Crippen molar-refractivity contribution in [1.29, 1.82) is 0 Å². The third kappa shape index (κ3) is 9.87.